The van der Waals surface area contributed by atoms with E-state index in [2.05, 4.69) is 0 Å². The number of nitrogens with zero attached hydrogens (tertiary/aromatic N) is 1. The van der Waals surface area contributed by atoms with Crippen LogP contribution < -0.4 is 4.74 Å². The van der Waals surface area contributed by atoms with Crippen molar-refractivity contribution in [3.63, 3.8) is 0 Å². The number of halogens is 4. The largest absolute Gasteiger partial charge is 0.496 e. The molecular weight excluding hydrogens is 435 g/mol. The number of piperidine rings is 1. The standard InChI is InChI=1S/C22H21ClF3NO4/c1-30-19-7-6-18(23)12-16(19)13-31-21(29)15-8-10-27(11-9-15)20(28)14-2-4-17(5-3-14)22(24,25)26/h2-7,12,15H,8-11,13H2,1H3. The number of esters is 1. The van der Waals surface area contributed by atoms with Gasteiger partial charge in [-0.05, 0) is 55.3 Å². The van der Waals surface area contributed by atoms with Gasteiger partial charge in [-0.15, -0.1) is 0 Å². The predicted molar refractivity (Wildman–Crippen MR) is 108 cm³/mol. The van der Waals surface area contributed by atoms with Gasteiger partial charge in [0.05, 0.1) is 18.6 Å². The van der Waals surface area contributed by atoms with E-state index in [1.165, 1.54) is 24.1 Å². The van der Waals surface area contributed by atoms with E-state index in [4.69, 9.17) is 21.1 Å². The van der Waals surface area contributed by atoms with E-state index in [9.17, 15) is 22.8 Å². The van der Waals surface area contributed by atoms with Crippen LogP contribution in [0.4, 0.5) is 13.2 Å². The topological polar surface area (TPSA) is 55.8 Å². The van der Waals surface area contributed by atoms with Crippen LogP contribution in [0.25, 0.3) is 0 Å². The van der Waals surface area contributed by atoms with Crippen LogP contribution in [0.3, 0.4) is 0 Å². The first-order valence-electron chi connectivity index (χ1n) is 9.64. The number of hydrogen-bond donors (Lipinski definition) is 0. The Morgan fingerprint density at radius 1 is 1.10 bits per heavy atom. The fourth-order valence-corrected chi connectivity index (χ4v) is 3.62. The summed E-state index contributed by atoms with van der Waals surface area (Å²) >= 11 is 5.98. The minimum Gasteiger partial charge on any atom is -0.496 e. The average molecular weight is 456 g/mol. The van der Waals surface area contributed by atoms with E-state index >= 15 is 0 Å². The molecule has 1 saturated heterocycles. The van der Waals surface area contributed by atoms with E-state index < -0.39 is 11.7 Å². The lowest BCUT2D eigenvalue weighted by molar-refractivity contribution is -0.151. The van der Waals surface area contributed by atoms with E-state index in [-0.39, 0.29) is 30.0 Å². The lowest BCUT2D eigenvalue weighted by atomic mass is 9.96. The zero-order valence-corrected chi connectivity index (χ0v) is 17.5. The Kier molecular flexibility index (Phi) is 7.10. The molecule has 1 aliphatic heterocycles. The van der Waals surface area contributed by atoms with Crippen LogP contribution in [-0.2, 0) is 22.3 Å². The molecule has 1 heterocycles. The first kappa shape index (κ1) is 22.9. The third-order valence-corrected chi connectivity index (χ3v) is 5.42. The van der Waals surface area contributed by atoms with Gasteiger partial charge < -0.3 is 14.4 Å². The molecule has 2 aromatic carbocycles. The van der Waals surface area contributed by atoms with Crippen LogP contribution in [0.15, 0.2) is 42.5 Å². The number of likely N-dealkylation sites (tertiary alicyclic amines) is 1. The quantitative estimate of drug-likeness (QED) is 0.598. The molecule has 0 aliphatic carbocycles. The van der Waals surface area contributed by atoms with Crippen molar-refractivity contribution in [2.45, 2.75) is 25.6 Å². The molecule has 1 fully saturated rings. The smallest absolute Gasteiger partial charge is 0.416 e. The molecule has 0 bridgehead atoms. The number of carbonyl (C=O) groups excluding carboxylic acids is 2. The molecule has 166 valence electrons. The zero-order chi connectivity index (χ0) is 22.6. The highest BCUT2D eigenvalue weighted by molar-refractivity contribution is 6.30. The van der Waals surface area contributed by atoms with Crippen LogP contribution in [0.2, 0.25) is 5.02 Å². The highest BCUT2D eigenvalue weighted by Crippen LogP contribution is 2.30. The Morgan fingerprint density at radius 2 is 1.74 bits per heavy atom. The van der Waals surface area contributed by atoms with Crippen LogP contribution >= 0.6 is 11.6 Å². The molecule has 0 saturated carbocycles. The monoisotopic (exact) mass is 455 g/mol. The van der Waals surface area contributed by atoms with Gasteiger partial charge in [0.1, 0.15) is 12.4 Å². The minimum atomic E-state index is -4.45. The third-order valence-electron chi connectivity index (χ3n) is 5.19. The lowest BCUT2D eigenvalue weighted by Gasteiger charge is -2.31. The molecule has 0 aromatic heterocycles. The predicted octanol–water partition coefficient (Wildman–Crippen LogP) is 4.96. The molecule has 0 spiro atoms. The van der Waals surface area contributed by atoms with Gasteiger partial charge in [-0.1, -0.05) is 11.6 Å². The van der Waals surface area contributed by atoms with E-state index in [1.807, 2.05) is 0 Å². The van der Waals surface area contributed by atoms with Crippen molar-refractivity contribution in [3.8, 4) is 5.75 Å². The summed E-state index contributed by atoms with van der Waals surface area (Å²) in [6, 6.07) is 9.15. The van der Waals surface area contributed by atoms with Crippen LogP contribution in [0.1, 0.15) is 34.3 Å². The van der Waals surface area contributed by atoms with Crippen molar-refractivity contribution in [2.75, 3.05) is 20.2 Å². The second-order valence-electron chi connectivity index (χ2n) is 7.21. The van der Waals surface area contributed by atoms with Gasteiger partial charge in [-0.2, -0.15) is 13.2 Å². The van der Waals surface area contributed by atoms with Crippen LogP contribution in [0, 0.1) is 5.92 Å². The fourth-order valence-electron chi connectivity index (χ4n) is 3.43. The van der Waals surface area contributed by atoms with Gasteiger partial charge in [0, 0.05) is 29.2 Å². The minimum absolute atomic E-state index is 0.0211. The molecular formula is C22H21ClF3NO4. The summed E-state index contributed by atoms with van der Waals surface area (Å²) in [5, 5.41) is 0.502. The highest BCUT2D eigenvalue weighted by atomic mass is 35.5. The Balaban J connectivity index is 1.52. The third kappa shape index (κ3) is 5.70. The van der Waals surface area contributed by atoms with Gasteiger partial charge in [-0.25, -0.2) is 0 Å². The number of ether oxygens (including phenoxy) is 2. The van der Waals surface area contributed by atoms with Crippen LogP contribution in [-0.4, -0.2) is 37.0 Å². The average Bonchev–Trinajstić information content (AvgIpc) is 2.76. The maximum atomic E-state index is 12.7. The van der Waals surface area contributed by atoms with Gasteiger partial charge in [0.15, 0.2) is 0 Å². The normalized spacial score (nSPS) is 14.9. The summed E-state index contributed by atoms with van der Waals surface area (Å²) in [6.07, 6.45) is -3.62. The Bertz CT molecular complexity index is 939. The Labute approximate surface area is 182 Å². The van der Waals surface area contributed by atoms with Crippen molar-refractivity contribution in [1.82, 2.24) is 4.90 Å². The van der Waals surface area contributed by atoms with Crippen molar-refractivity contribution in [2.24, 2.45) is 5.92 Å². The number of amides is 1. The number of alkyl halides is 3. The number of benzene rings is 2. The molecule has 31 heavy (non-hydrogen) atoms. The summed E-state index contributed by atoms with van der Waals surface area (Å²) in [6.45, 7) is 0.660. The molecule has 3 rings (SSSR count). The maximum Gasteiger partial charge on any atom is 0.416 e. The van der Waals surface area contributed by atoms with E-state index in [0.29, 0.717) is 42.3 Å². The summed E-state index contributed by atoms with van der Waals surface area (Å²) in [7, 11) is 1.51. The molecule has 0 N–H and O–H groups in total. The highest BCUT2D eigenvalue weighted by Gasteiger charge is 2.32. The SMILES string of the molecule is COc1ccc(Cl)cc1COC(=O)C1CCN(C(=O)c2ccc(C(F)(F)F)cc2)CC1. The number of hydrogen-bond acceptors (Lipinski definition) is 4. The first-order valence-corrected chi connectivity index (χ1v) is 10.0. The lowest BCUT2D eigenvalue weighted by Crippen LogP contribution is -2.40. The van der Waals surface area contributed by atoms with Crippen molar-refractivity contribution in [3.05, 3.63) is 64.2 Å². The fraction of sp³-hybridized carbons (Fsp3) is 0.364. The van der Waals surface area contributed by atoms with Gasteiger partial charge in [-0.3, -0.25) is 9.59 Å². The Hall–Kier alpha value is -2.74. The van der Waals surface area contributed by atoms with Gasteiger partial charge in [0.25, 0.3) is 5.91 Å². The maximum absolute atomic E-state index is 12.7. The molecule has 0 radical (unpaired) electrons. The van der Waals surface area contributed by atoms with Crippen molar-refractivity contribution < 1.29 is 32.2 Å². The number of methoxy groups -OCH3 is 1. The summed E-state index contributed by atoms with van der Waals surface area (Å²) in [4.78, 5) is 26.5. The zero-order valence-electron chi connectivity index (χ0n) is 16.7. The van der Waals surface area contributed by atoms with E-state index in [0.717, 1.165) is 12.1 Å². The number of carbonyl (C=O) groups is 2. The second-order valence-corrected chi connectivity index (χ2v) is 7.64. The first-order chi connectivity index (χ1) is 14.7. The molecule has 1 aliphatic rings. The summed E-state index contributed by atoms with van der Waals surface area (Å²) < 4.78 is 48.7. The Morgan fingerprint density at radius 3 is 2.32 bits per heavy atom. The van der Waals surface area contributed by atoms with E-state index in [1.54, 1.807) is 18.2 Å². The molecule has 0 atom stereocenters. The second kappa shape index (κ2) is 9.60. The van der Waals surface area contributed by atoms with Gasteiger partial charge in [0.2, 0.25) is 0 Å². The van der Waals surface area contributed by atoms with Crippen molar-refractivity contribution >= 4 is 23.5 Å². The molecule has 1 amide bonds. The molecule has 5 nitrogen and oxygen atoms in total. The van der Waals surface area contributed by atoms with Crippen LogP contribution in [0.5, 0.6) is 5.75 Å². The number of rotatable bonds is 5. The van der Waals surface area contributed by atoms with Crippen molar-refractivity contribution in [1.29, 1.82) is 0 Å². The summed E-state index contributed by atoms with van der Waals surface area (Å²) in [5.74, 6) is -0.524. The molecule has 9 heteroatoms. The summed E-state index contributed by atoms with van der Waals surface area (Å²) in [5.41, 5.74) is 0.0298. The molecule has 0 unspecified atom stereocenters. The van der Waals surface area contributed by atoms with Gasteiger partial charge >= 0.3 is 12.1 Å². The molecule has 2 aromatic rings.